The van der Waals surface area contributed by atoms with Gasteiger partial charge in [0, 0.05) is 32.4 Å². The number of aromatic nitrogens is 1. The molecule has 0 saturated carbocycles. The zero-order valence-corrected chi connectivity index (χ0v) is 16.0. The zero-order valence-electron chi connectivity index (χ0n) is 15.2. The molecule has 6 nitrogen and oxygen atoms in total. The summed E-state index contributed by atoms with van der Waals surface area (Å²) < 4.78 is 27.2. The zero-order chi connectivity index (χ0) is 18.7. The minimum atomic E-state index is -3.53. The molecule has 1 aliphatic rings. The first kappa shape index (κ1) is 18.7. The molecule has 7 heteroatoms. The summed E-state index contributed by atoms with van der Waals surface area (Å²) in [5.41, 5.74) is 1.68. The first-order valence-corrected chi connectivity index (χ1v) is 10.4. The highest BCUT2D eigenvalue weighted by Crippen LogP contribution is 2.23. The lowest BCUT2D eigenvalue weighted by molar-refractivity contribution is 0.0692. The summed E-state index contributed by atoms with van der Waals surface area (Å²) in [5, 5.41) is 0. The molecule has 1 aromatic carbocycles. The van der Waals surface area contributed by atoms with Gasteiger partial charge in [-0.25, -0.2) is 8.42 Å². The van der Waals surface area contributed by atoms with E-state index in [1.54, 1.807) is 35.4 Å². The van der Waals surface area contributed by atoms with Gasteiger partial charge in [0.2, 0.25) is 10.0 Å². The monoisotopic (exact) mass is 375 g/mol. The maximum atomic E-state index is 12.9. The first-order valence-electron chi connectivity index (χ1n) is 8.96. The van der Waals surface area contributed by atoms with Gasteiger partial charge in [-0.2, -0.15) is 4.31 Å². The Hall–Kier alpha value is -2.12. The molecule has 0 aliphatic carbocycles. The van der Waals surface area contributed by atoms with Crippen LogP contribution in [0.1, 0.15) is 42.2 Å². The molecule has 0 unspecified atom stereocenters. The second-order valence-corrected chi connectivity index (χ2v) is 8.60. The predicted octanol–water partition coefficient (Wildman–Crippen LogP) is 2.67. The molecule has 3 rings (SSSR count). The number of benzene rings is 1. The highest BCUT2D eigenvalue weighted by molar-refractivity contribution is 7.89. The number of nitrogens with one attached hydrogen (secondary N) is 1. The summed E-state index contributed by atoms with van der Waals surface area (Å²) in [7, 11) is -3.53. The Labute approximate surface area is 154 Å². The third kappa shape index (κ3) is 3.68. The van der Waals surface area contributed by atoms with Crippen LogP contribution in [0, 0.1) is 0 Å². The number of amides is 1. The predicted molar refractivity (Wildman–Crippen MR) is 101 cm³/mol. The van der Waals surface area contributed by atoms with Crippen molar-refractivity contribution in [1.82, 2.24) is 14.2 Å². The van der Waals surface area contributed by atoms with Gasteiger partial charge in [0.05, 0.1) is 4.90 Å². The van der Waals surface area contributed by atoms with Crippen LogP contribution in [0.4, 0.5) is 0 Å². The fourth-order valence-corrected chi connectivity index (χ4v) is 4.54. The van der Waals surface area contributed by atoms with Gasteiger partial charge >= 0.3 is 0 Å². The van der Waals surface area contributed by atoms with Gasteiger partial charge in [-0.1, -0.05) is 26.0 Å². The summed E-state index contributed by atoms with van der Waals surface area (Å²) in [5.74, 6) is 0.319. The van der Waals surface area contributed by atoms with Crippen LogP contribution in [0.25, 0.3) is 0 Å². The van der Waals surface area contributed by atoms with Crippen molar-refractivity contribution >= 4 is 15.9 Å². The van der Waals surface area contributed by atoms with Crippen molar-refractivity contribution < 1.29 is 13.2 Å². The maximum Gasteiger partial charge on any atom is 0.270 e. The summed E-state index contributed by atoms with van der Waals surface area (Å²) >= 11 is 0. The summed E-state index contributed by atoms with van der Waals surface area (Å²) in [6.07, 6.45) is 2.72. The van der Waals surface area contributed by atoms with Gasteiger partial charge < -0.3 is 9.88 Å². The van der Waals surface area contributed by atoms with Crippen LogP contribution in [-0.4, -0.2) is 54.7 Å². The van der Waals surface area contributed by atoms with E-state index in [4.69, 9.17) is 0 Å². The van der Waals surface area contributed by atoms with Crippen LogP contribution >= 0.6 is 0 Å². The van der Waals surface area contributed by atoms with E-state index in [1.807, 2.05) is 12.1 Å². The molecule has 1 saturated heterocycles. The molecule has 1 aliphatic heterocycles. The van der Waals surface area contributed by atoms with Crippen LogP contribution in [0.5, 0.6) is 0 Å². The van der Waals surface area contributed by atoms with Crippen LogP contribution in [0.3, 0.4) is 0 Å². The van der Waals surface area contributed by atoms with Crippen LogP contribution in [0.2, 0.25) is 0 Å². The molecule has 2 heterocycles. The fourth-order valence-electron chi connectivity index (χ4n) is 3.12. The van der Waals surface area contributed by atoms with Gasteiger partial charge in [-0.15, -0.1) is 0 Å². The minimum absolute atomic E-state index is 0.0926. The van der Waals surface area contributed by atoms with Gasteiger partial charge in [-0.05, 0) is 42.2 Å². The third-order valence-electron chi connectivity index (χ3n) is 5.05. The van der Waals surface area contributed by atoms with E-state index >= 15 is 0 Å². The van der Waals surface area contributed by atoms with E-state index in [0.29, 0.717) is 42.7 Å². The van der Waals surface area contributed by atoms with E-state index in [9.17, 15) is 13.2 Å². The number of hydrogen-bond acceptors (Lipinski definition) is 3. The van der Waals surface area contributed by atoms with E-state index in [-0.39, 0.29) is 5.91 Å². The number of nitrogens with zero attached hydrogens (tertiary/aromatic N) is 2. The summed E-state index contributed by atoms with van der Waals surface area (Å²) in [6.45, 7) is 5.64. The molecule has 0 radical (unpaired) electrons. The second kappa shape index (κ2) is 7.63. The Morgan fingerprint density at radius 1 is 1.12 bits per heavy atom. The molecule has 26 heavy (non-hydrogen) atoms. The van der Waals surface area contributed by atoms with Crippen LogP contribution < -0.4 is 0 Å². The fraction of sp³-hybridized carbons (Fsp3) is 0.421. The Morgan fingerprint density at radius 3 is 2.31 bits per heavy atom. The van der Waals surface area contributed by atoms with Gasteiger partial charge in [0.15, 0.2) is 0 Å². The van der Waals surface area contributed by atoms with Crippen molar-refractivity contribution in [3.05, 3.63) is 53.9 Å². The lowest BCUT2D eigenvalue weighted by atomic mass is 9.99. The molecule has 0 bridgehead atoms. The van der Waals surface area contributed by atoms with Gasteiger partial charge in [-0.3, -0.25) is 4.79 Å². The minimum Gasteiger partial charge on any atom is -0.357 e. The number of aromatic amines is 1. The normalized spacial score (nSPS) is 17.2. The SMILES string of the molecule is CC[C@H](C)c1ccc(S(=O)(=O)N2CCN(C(=O)c3ccc[nH]3)CC2)cc1. The molecule has 1 atom stereocenters. The van der Waals surface area contributed by atoms with Crippen molar-refractivity contribution in [1.29, 1.82) is 0 Å². The highest BCUT2D eigenvalue weighted by atomic mass is 32.2. The third-order valence-corrected chi connectivity index (χ3v) is 6.97. The lowest BCUT2D eigenvalue weighted by Gasteiger charge is -2.33. The van der Waals surface area contributed by atoms with Gasteiger partial charge in [0.25, 0.3) is 5.91 Å². The number of sulfonamides is 1. The largest absolute Gasteiger partial charge is 0.357 e. The van der Waals surface area contributed by atoms with E-state index in [0.717, 1.165) is 12.0 Å². The van der Waals surface area contributed by atoms with Crippen molar-refractivity contribution in [2.75, 3.05) is 26.2 Å². The Bertz CT molecular complexity index is 837. The first-order chi connectivity index (χ1) is 12.4. The Morgan fingerprint density at radius 2 is 1.77 bits per heavy atom. The molecule has 0 spiro atoms. The highest BCUT2D eigenvalue weighted by Gasteiger charge is 2.30. The summed E-state index contributed by atoms with van der Waals surface area (Å²) in [6, 6.07) is 10.7. The molecule has 1 N–H and O–H groups in total. The molecule has 140 valence electrons. The smallest absolute Gasteiger partial charge is 0.270 e. The van der Waals surface area contributed by atoms with E-state index in [1.165, 1.54) is 4.31 Å². The van der Waals surface area contributed by atoms with Crippen molar-refractivity contribution in [2.45, 2.75) is 31.1 Å². The summed E-state index contributed by atoms with van der Waals surface area (Å²) in [4.78, 5) is 17.2. The number of hydrogen-bond donors (Lipinski definition) is 1. The number of carbonyl (C=O) groups is 1. The quantitative estimate of drug-likeness (QED) is 0.873. The number of carbonyl (C=O) groups excluding carboxylic acids is 1. The molecule has 1 aromatic heterocycles. The number of rotatable bonds is 5. The average molecular weight is 375 g/mol. The van der Waals surface area contributed by atoms with E-state index < -0.39 is 10.0 Å². The van der Waals surface area contributed by atoms with Crippen LogP contribution in [-0.2, 0) is 10.0 Å². The van der Waals surface area contributed by atoms with Crippen molar-refractivity contribution in [2.24, 2.45) is 0 Å². The molecule has 2 aromatic rings. The van der Waals surface area contributed by atoms with Crippen molar-refractivity contribution in [3.8, 4) is 0 Å². The van der Waals surface area contributed by atoms with Crippen LogP contribution in [0.15, 0.2) is 47.5 Å². The molecule has 1 amide bonds. The second-order valence-electron chi connectivity index (χ2n) is 6.66. The molecule has 1 fully saturated rings. The van der Waals surface area contributed by atoms with Crippen molar-refractivity contribution in [3.63, 3.8) is 0 Å². The number of piperazine rings is 1. The Kier molecular flexibility index (Phi) is 5.48. The average Bonchev–Trinajstić information content (AvgIpc) is 3.21. The van der Waals surface area contributed by atoms with E-state index in [2.05, 4.69) is 18.8 Å². The number of H-pyrrole nitrogens is 1. The lowest BCUT2D eigenvalue weighted by Crippen LogP contribution is -2.50. The topological polar surface area (TPSA) is 73.5 Å². The molecular weight excluding hydrogens is 350 g/mol. The maximum absolute atomic E-state index is 12.9. The van der Waals surface area contributed by atoms with Gasteiger partial charge in [0.1, 0.15) is 5.69 Å². The standard InChI is InChI=1S/C19H25N3O3S/c1-3-15(2)16-6-8-17(9-7-16)26(24,25)22-13-11-21(12-14-22)19(23)18-5-4-10-20-18/h4-10,15,20H,3,11-14H2,1-2H3/t15-/m0/s1. The molecular formula is C19H25N3O3S. The Balaban J connectivity index is 1.67.